The third-order valence-electron chi connectivity index (χ3n) is 4.06. The molecule has 0 atom stereocenters. The van der Waals surface area contributed by atoms with Gasteiger partial charge in [-0.15, -0.1) is 0 Å². The predicted octanol–water partition coefficient (Wildman–Crippen LogP) is 2.33. The topological polar surface area (TPSA) is 60.1 Å². The summed E-state index contributed by atoms with van der Waals surface area (Å²) in [6.07, 6.45) is 5.26. The van der Waals surface area contributed by atoms with E-state index >= 15 is 0 Å². The monoisotopic (exact) mass is 336 g/mol. The molecule has 25 heavy (non-hydrogen) atoms. The number of carbonyl (C=O) groups excluding carboxylic acids is 1. The number of pyridine rings is 1. The van der Waals surface area contributed by atoms with Crippen molar-refractivity contribution in [2.75, 3.05) is 7.05 Å². The highest BCUT2D eigenvalue weighted by atomic mass is 16.2. The fourth-order valence-electron chi connectivity index (χ4n) is 2.64. The van der Waals surface area contributed by atoms with Crippen LogP contribution in [0.15, 0.2) is 65.8 Å². The van der Waals surface area contributed by atoms with Crippen LogP contribution in [-0.2, 0) is 13.1 Å². The molecule has 0 N–H and O–H groups in total. The van der Waals surface area contributed by atoms with Crippen molar-refractivity contribution in [3.05, 3.63) is 82.5 Å². The maximum Gasteiger partial charge on any atom is 0.254 e. The van der Waals surface area contributed by atoms with E-state index in [0.717, 1.165) is 11.3 Å². The van der Waals surface area contributed by atoms with Crippen molar-refractivity contribution in [1.82, 2.24) is 19.2 Å². The highest BCUT2D eigenvalue weighted by Crippen LogP contribution is 2.11. The zero-order valence-electron chi connectivity index (χ0n) is 14.3. The van der Waals surface area contributed by atoms with Crippen LogP contribution >= 0.6 is 0 Å². The maximum absolute atomic E-state index is 12.5. The summed E-state index contributed by atoms with van der Waals surface area (Å²) in [5, 5.41) is 4.19. The first kappa shape index (κ1) is 16.7. The first-order chi connectivity index (χ1) is 12.1. The van der Waals surface area contributed by atoms with E-state index in [0.29, 0.717) is 18.7 Å². The molecule has 0 radical (unpaired) electrons. The van der Waals surface area contributed by atoms with E-state index in [9.17, 15) is 9.59 Å². The van der Waals surface area contributed by atoms with Gasteiger partial charge in [-0.25, -0.2) is 4.68 Å². The summed E-state index contributed by atoms with van der Waals surface area (Å²) in [5.41, 5.74) is 2.22. The van der Waals surface area contributed by atoms with Crippen molar-refractivity contribution in [3.8, 4) is 5.69 Å². The molecule has 1 aromatic carbocycles. The van der Waals surface area contributed by atoms with E-state index in [1.54, 1.807) is 39.7 Å². The largest absolute Gasteiger partial charge is 0.337 e. The molecule has 6 nitrogen and oxygen atoms in total. The molecular formula is C19H20N4O2. The lowest BCUT2D eigenvalue weighted by Crippen LogP contribution is -2.28. The van der Waals surface area contributed by atoms with Crippen LogP contribution in [0.5, 0.6) is 0 Å². The lowest BCUT2D eigenvalue weighted by atomic mass is 10.1. The number of rotatable bonds is 5. The number of hydrogen-bond donors (Lipinski definition) is 0. The fourth-order valence-corrected chi connectivity index (χ4v) is 2.64. The molecule has 2 aromatic heterocycles. The molecule has 128 valence electrons. The minimum atomic E-state index is -0.170. The Hall–Kier alpha value is -3.15. The lowest BCUT2D eigenvalue weighted by Gasteiger charge is -2.18. The number of aromatic nitrogens is 3. The van der Waals surface area contributed by atoms with Crippen molar-refractivity contribution in [2.24, 2.45) is 0 Å². The quantitative estimate of drug-likeness (QED) is 0.718. The second kappa shape index (κ2) is 7.17. The molecule has 0 bridgehead atoms. The van der Waals surface area contributed by atoms with Crippen LogP contribution in [0.4, 0.5) is 0 Å². The molecule has 0 fully saturated rings. The fraction of sp³-hybridized carbons (Fsp3) is 0.211. The van der Waals surface area contributed by atoms with Gasteiger partial charge in [0.1, 0.15) is 0 Å². The third kappa shape index (κ3) is 3.68. The summed E-state index contributed by atoms with van der Waals surface area (Å²) in [4.78, 5) is 26.0. The minimum Gasteiger partial charge on any atom is -0.337 e. The summed E-state index contributed by atoms with van der Waals surface area (Å²) in [7, 11) is 1.73. The molecule has 0 saturated carbocycles. The Kier molecular flexibility index (Phi) is 4.79. The Bertz CT molecular complexity index is 911. The van der Waals surface area contributed by atoms with Gasteiger partial charge in [-0.05, 0) is 36.8 Å². The van der Waals surface area contributed by atoms with E-state index in [4.69, 9.17) is 0 Å². The molecule has 3 rings (SSSR count). The smallest absolute Gasteiger partial charge is 0.254 e. The second-order valence-corrected chi connectivity index (χ2v) is 5.82. The number of amides is 1. The predicted molar refractivity (Wildman–Crippen MR) is 95.7 cm³/mol. The Labute approximate surface area is 145 Å². The zero-order valence-corrected chi connectivity index (χ0v) is 14.3. The van der Waals surface area contributed by atoms with Crippen LogP contribution in [0.25, 0.3) is 5.69 Å². The van der Waals surface area contributed by atoms with Crippen molar-refractivity contribution < 1.29 is 4.79 Å². The van der Waals surface area contributed by atoms with Gasteiger partial charge in [0.25, 0.3) is 11.5 Å². The van der Waals surface area contributed by atoms with Crippen molar-refractivity contribution in [2.45, 2.75) is 20.0 Å². The second-order valence-electron chi connectivity index (χ2n) is 5.82. The Morgan fingerprint density at radius 2 is 1.92 bits per heavy atom. The molecule has 6 heteroatoms. The molecule has 0 unspecified atom stereocenters. The van der Waals surface area contributed by atoms with Crippen LogP contribution in [0.1, 0.15) is 22.8 Å². The van der Waals surface area contributed by atoms with E-state index < -0.39 is 0 Å². The molecule has 0 spiro atoms. The van der Waals surface area contributed by atoms with Gasteiger partial charge >= 0.3 is 0 Å². The Morgan fingerprint density at radius 3 is 2.52 bits per heavy atom. The third-order valence-corrected chi connectivity index (χ3v) is 4.06. The summed E-state index contributed by atoms with van der Waals surface area (Å²) in [5.74, 6) is -0.170. The molecule has 0 aliphatic carbocycles. The lowest BCUT2D eigenvalue weighted by molar-refractivity contribution is 0.0784. The van der Waals surface area contributed by atoms with Gasteiger partial charge in [-0.1, -0.05) is 12.1 Å². The number of carbonyl (C=O) groups is 1. The Morgan fingerprint density at radius 1 is 1.16 bits per heavy atom. The first-order valence-electron chi connectivity index (χ1n) is 8.13. The van der Waals surface area contributed by atoms with Crippen LogP contribution in [0.3, 0.4) is 0 Å². The van der Waals surface area contributed by atoms with Crippen LogP contribution in [0.2, 0.25) is 0 Å². The summed E-state index contributed by atoms with van der Waals surface area (Å²) in [6, 6.07) is 12.8. The van der Waals surface area contributed by atoms with Crippen molar-refractivity contribution >= 4 is 5.91 Å². The number of benzene rings is 1. The van der Waals surface area contributed by atoms with Crippen molar-refractivity contribution in [3.63, 3.8) is 0 Å². The molecule has 2 heterocycles. The Balaban J connectivity index is 1.71. The molecule has 0 aliphatic rings. The van der Waals surface area contributed by atoms with E-state index in [1.807, 2.05) is 43.5 Å². The molecule has 1 amide bonds. The van der Waals surface area contributed by atoms with Gasteiger partial charge in [0, 0.05) is 50.4 Å². The van der Waals surface area contributed by atoms with Crippen molar-refractivity contribution in [1.29, 1.82) is 0 Å². The highest BCUT2D eigenvalue weighted by molar-refractivity contribution is 5.93. The zero-order chi connectivity index (χ0) is 17.8. The number of nitrogens with zero attached hydrogens (tertiary/aromatic N) is 4. The van der Waals surface area contributed by atoms with E-state index in [1.165, 1.54) is 6.07 Å². The van der Waals surface area contributed by atoms with Crippen LogP contribution in [-0.4, -0.2) is 32.2 Å². The van der Waals surface area contributed by atoms with E-state index in [-0.39, 0.29) is 11.5 Å². The molecular weight excluding hydrogens is 316 g/mol. The van der Waals surface area contributed by atoms with E-state index in [2.05, 4.69) is 5.10 Å². The van der Waals surface area contributed by atoms with Gasteiger partial charge < -0.3 is 9.47 Å². The van der Waals surface area contributed by atoms with Crippen LogP contribution in [0, 0.1) is 0 Å². The maximum atomic E-state index is 12.5. The molecule has 0 saturated heterocycles. The van der Waals surface area contributed by atoms with Gasteiger partial charge in [0.2, 0.25) is 0 Å². The normalized spacial score (nSPS) is 10.6. The summed E-state index contributed by atoms with van der Waals surface area (Å²) >= 11 is 0. The number of aryl methyl sites for hydroxylation is 1. The molecule has 0 aliphatic heterocycles. The van der Waals surface area contributed by atoms with Gasteiger partial charge in [0.15, 0.2) is 0 Å². The highest BCUT2D eigenvalue weighted by Gasteiger charge is 2.13. The standard InChI is InChI=1S/C19H20N4O2/c1-3-22-12-9-16(13-18(22)24)19(25)21(2)14-15-5-7-17(8-6-15)23-11-4-10-20-23/h4-13H,3,14H2,1-2H3. The van der Waals surface area contributed by atoms with Gasteiger partial charge in [-0.3, -0.25) is 9.59 Å². The van der Waals surface area contributed by atoms with Gasteiger partial charge in [0.05, 0.1) is 5.69 Å². The average Bonchev–Trinajstić information content (AvgIpc) is 3.16. The van der Waals surface area contributed by atoms with Crippen LogP contribution < -0.4 is 5.56 Å². The average molecular weight is 336 g/mol. The first-order valence-corrected chi connectivity index (χ1v) is 8.13. The summed E-state index contributed by atoms with van der Waals surface area (Å²) in [6.45, 7) is 2.95. The summed E-state index contributed by atoms with van der Waals surface area (Å²) < 4.78 is 3.34. The van der Waals surface area contributed by atoms with Gasteiger partial charge in [-0.2, -0.15) is 5.10 Å². The number of hydrogen-bond acceptors (Lipinski definition) is 3. The SMILES string of the molecule is CCn1ccc(C(=O)N(C)Cc2ccc(-n3cccn3)cc2)cc1=O. The minimum absolute atomic E-state index is 0.162. The molecule has 3 aromatic rings.